The van der Waals surface area contributed by atoms with Gasteiger partial charge in [0.25, 0.3) is 0 Å². The predicted molar refractivity (Wildman–Crippen MR) is 85.5 cm³/mol. The van der Waals surface area contributed by atoms with Crippen molar-refractivity contribution < 1.29 is 8.42 Å². The van der Waals surface area contributed by atoms with Crippen LogP contribution in [0.25, 0.3) is 10.2 Å². The number of hydrogen-bond donors (Lipinski definition) is 1. The van der Waals surface area contributed by atoms with Gasteiger partial charge in [0.1, 0.15) is 5.03 Å². The van der Waals surface area contributed by atoms with Gasteiger partial charge < -0.3 is 5.73 Å². The van der Waals surface area contributed by atoms with Crippen LogP contribution in [0.3, 0.4) is 0 Å². The van der Waals surface area contributed by atoms with Crippen LogP contribution in [0.5, 0.6) is 0 Å². The van der Waals surface area contributed by atoms with Gasteiger partial charge in [0.05, 0.1) is 15.1 Å². The highest BCUT2D eigenvalue weighted by atomic mass is 32.2. The van der Waals surface area contributed by atoms with Crippen molar-refractivity contribution in [1.82, 2.24) is 9.97 Å². The van der Waals surface area contributed by atoms with E-state index in [0.717, 1.165) is 14.6 Å². The summed E-state index contributed by atoms with van der Waals surface area (Å²) in [4.78, 5) is 8.83. The summed E-state index contributed by atoms with van der Waals surface area (Å²) in [5.74, 6) is 0. The monoisotopic (exact) mass is 337 g/mol. The maximum Gasteiger partial charge on any atom is 0.178 e. The van der Waals surface area contributed by atoms with Crippen LogP contribution in [0.1, 0.15) is 0 Å². The fourth-order valence-corrected chi connectivity index (χ4v) is 5.07. The van der Waals surface area contributed by atoms with Crippen LogP contribution < -0.4 is 5.73 Å². The van der Waals surface area contributed by atoms with Crippen LogP contribution in [0.4, 0.5) is 5.69 Å². The number of thiazole rings is 1. The maximum absolute atomic E-state index is 11.8. The fourth-order valence-electron chi connectivity index (χ4n) is 1.78. The molecule has 0 spiro atoms. The number of nitrogens with zero attached hydrogens (tertiary/aromatic N) is 2. The summed E-state index contributed by atoms with van der Waals surface area (Å²) >= 11 is 2.71. The number of rotatable bonds is 3. The van der Waals surface area contributed by atoms with Crippen molar-refractivity contribution in [2.45, 2.75) is 14.3 Å². The molecule has 2 aromatic heterocycles. The van der Waals surface area contributed by atoms with E-state index in [-0.39, 0.29) is 4.90 Å². The van der Waals surface area contributed by atoms with Crippen molar-refractivity contribution in [3.05, 3.63) is 36.5 Å². The number of benzene rings is 1. The van der Waals surface area contributed by atoms with Crippen LogP contribution in [0.2, 0.25) is 0 Å². The highest BCUT2D eigenvalue weighted by molar-refractivity contribution is 8.01. The molecule has 0 amide bonds. The summed E-state index contributed by atoms with van der Waals surface area (Å²) in [7, 11) is -3.32. The molecule has 0 saturated heterocycles. The van der Waals surface area contributed by atoms with E-state index in [2.05, 4.69) is 9.97 Å². The number of anilines is 1. The third-order valence-electron chi connectivity index (χ3n) is 2.71. The van der Waals surface area contributed by atoms with Crippen molar-refractivity contribution >= 4 is 48.8 Å². The van der Waals surface area contributed by atoms with Crippen LogP contribution in [-0.4, -0.2) is 24.6 Å². The average Bonchev–Trinajstić information content (AvgIpc) is 2.79. The lowest BCUT2D eigenvalue weighted by Crippen LogP contribution is -2.00. The summed E-state index contributed by atoms with van der Waals surface area (Å²) in [5.41, 5.74) is 7.27. The Balaban J connectivity index is 2.03. The second-order valence-electron chi connectivity index (χ2n) is 4.39. The van der Waals surface area contributed by atoms with E-state index in [4.69, 9.17) is 5.73 Å². The van der Waals surface area contributed by atoms with E-state index in [0.29, 0.717) is 10.7 Å². The molecule has 3 rings (SSSR count). The summed E-state index contributed by atoms with van der Waals surface area (Å²) in [5, 5.41) is 0.437. The molecule has 1 aromatic carbocycles. The van der Waals surface area contributed by atoms with E-state index in [1.54, 1.807) is 24.4 Å². The van der Waals surface area contributed by atoms with Gasteiger partial charge in [-0.25, -0.2) is 18.4 Å². The predicted octanol–water partition coefficient (Wildman–Crippen LogP) is 2.83. The smallest absolute Gasteiger partial charge is 0.178 e. The zero-order valence-electron chi connectivity index (χ0n) is 11.0. The molecule has 108 valence electrons. The zero-order valence-corrected chi connectivity index (χ0v) is 13.4. The van der Waals surface area contributed by atoms with E-state index >= 15 is 0 Å². The van der Waals surface area contributed by atoms with Crippen molar-refractivity contribution in [2.75, 3.05) is 12.0 Å². The molecule has 0 aliphatic rings. The second kappa shape index (κ2) is 5.28. The lowest BCUT2D eigenvalue weighted by atomic mass is 10.3. The molecule has 0 bridgehead atoms. The lowest BCUT2D eigenvalue weighted by molar-refractivity contribution is 0.598. The number of nitrogens with two attached hydrogens (primary N) is 1. The van der Waals surface area contributed by atoms with Crippen LogP contribution >= 0.6 is 23.1 Å². The molecular formula is C13H11N3O2S3. The van der Waals surface area contributed by atoms with Gasteiger partial charge >= 0.3 is 0 Å². The Kier molecular flexibility index (Phi) is 3.60. The molecule has 2 N–H and O–H groups in total. The molecule has 0 aliphatic heterocycles. The number of hydrogen-bond acceptors (Lipinski definition) is 7. The quantitative estimate of drug-likeness (QED) is 0.740. The molecule has 21 heavy (non-hydrogen) atoms. The van der Waals surface area contributed by atoms with Gasteiger partial charge in [-0.05, 0) is 42.1 Å². The van der Waals surface area contributed by atoms with Gasteiger partial charge in [-0.2, -0.15) is 0 Å². The fraction of sp³-hybridized carbons (Fsp3) is 0.0769. The van der Waals surface area contributed by atoms with Crippen LogP contribution in [0, 0.1) is 0 Å². The number of sulfone groups is 1. The molecule has 3 aromatic rings. The number of fused-ring (bicyclic) bond motifs is 1. The Morgan fingerprint density at radius 3 is 2.86 bits per heavy atom. The molecule has 0 atom stereocenters. The largest absolute Gasteiger partial charge is 0.399 e. The third-order valence-corrected chi connectivity index (χ3v) is 6.07. The third kappa shape index (κ3) is 3.02. The SMILES string of the molecule is CS(=O)(=O)c1cccnc1Sc1nc2ccc(N)cc2s1. The first-order valence-corrected chi connectivity index (χ1v) is 9.45. The van der Waals surface area contributed by atoms with E-state index < -0.39 is 9.84 Å². The Labute approximate surface area is 130 Å². The van der Waals surface area contributed by atoms with E-state index in [1.165, 1.54) is 29.4 Å². The molecule has 0 radical (unpaired) electrons. The first kappa shape index (κ1) is 14.3. The lowest BCUT2D eigenvalue weighted by Gasteiger charge is -2.03. The summed E-state index contributed by atoms with van der Waals surface area (Å²) in [6.07, 6.45) is 2.75. The first-order valence-electron chi connectivity index (χ1n) is 5.92. The molecule has 5 nitrogen and oxygen atoms in total. The molecule has 0 unspecified atom stereocenters. The normalized spacial score (nSPS) is 11.9. The maximum atomic E-state index is 11.8. The minimum Gasteiger partial charge on any atom is -0.399 e. The standard InChI is InChI=1S/C13H11N3O2S3/c1-21(17,18)11-3-2-6-15-12(11)20-13-16-9-5-4-8(14)7-10(9)19-13/h2-7H,14H2,1H3. The van der Waals surface area contributed by atoms with Crippen molar-refractivity contribution in [2.24, 2.45) is 0 Å². The number of pyridine rings is 1. The van der Waals surface area contributed by atoms with Gasteiger partial charge in [0.2, 0.25) is 0 Å². The number of nitrogen functional groups attached to an aromatic ring is 1. The molecule has 0 fully saturated rings. The van der Waals surface area contributed by atoms with Gasteiger partial charge in [-0.1, -0.05) is 0 Å². The molecule has 8 heteroatoms. The zero-order chi connectivity index (χ0) is 15.0. The highest BCUT2D eigenvalue weighted by Gasteiger charge is 2.16. The van der Waals surface area contributed by atoms with Gasteiger partial charge in [-0.15, -0.1) is 11.3 Å². The van der Waals surface area contributed by atoms with Gasteiger partial charge in [0, 0.05) is 18.1 Å². The van der Waals surface area contributed by atoms with Crippen LogP contribution in [-0.2, 0) is 9.84 Å². The number of aromatic nitrogens is 2. The molecule has 0 aliphatic carbocycles. The first-order chi connectivity index (χ1) is 9.93. The summed E-state index contributed by atoms with van der Waals surface area (Å²) in [6.45, 7) is 0. The van der Waals surface area contributed by atoms with E-state index in [9.17, 15) is 8.42 Å². The highest BCUT2D eigenvalue weighted by Crippen LogP contribution is 2.36. The molecule has 0 saturated carbocycles. The summed E-state index contributed by atoms with van der Waals surface area (Å²) < 4.78 is 25.3. The second-order valence-corrected chi connectivity index (χ2v) is 8.64. The minimum absolute atomic E-state index is 0.216. The van der Waals surface area contributed by atoms with E-state index in [1.807, 2.05) is 12.1 Å². The minimum atomic E-state index is -3.32. The molecular weight excluding hydrogens is 326 g/mol. The van der Waals surface area contributed by atoms with Gasteiger partial charge in [-0.3, -0.25) is 0 Å². The molecule has 2 heterocycles. The van der Waals surface area contributed by atoms with Crippen molar-refractivity contribution in [3.63, 3.8) is 0 Å². The van der Waals surface area contributed by atoms with Crippen molar-refractivity contribution in [3.8, 4) is 0 Å². The topological polar surface area (TPSA) is 85.9 Å². The Bertz CT molecular complexity index is 919. The Hall–Kier alpha value is -1.64. The Morgan fingerprint density at radius 1 is 1.29 bits per heavy atom. The summed E-state index contributed by atoms with van der Waals surface area (Å²) in [6, 6.07) is 8.66. The average molecular weight is 337 g/mol. The Morgan fingerprint density at radius 2 is 2.10 bits per heavy atom. The van der Waals surface area contributed by atoms with Crippen molar-refractivity contribution in [1.29, 1.82) is 0 Å². The van der Waals surface area contributed by atoms with Crippen LogP contribution in [0.15, 0.2) is 50.8 Å². The van der Waals surface area contributed by atoms with Gasteiger partial charge in [0.15, 0.2) is 14.2 Å².